The number of amides is 2. The molecular formula is C20H31N5O2. The van der Waals surface area contributed by atoms with Gasteiger partial charge >= 0.3 is 0 Å². The van der Waals surface area contributed by atoms with Gasteiger partial charge < -0.3 is 14.7 Å². The van der Waals surface area contributed by atoms with Gasteiger partial charge in [0.15, 0.2) is 0 Å². The Morgan fingerprint density at radius 3 is 2.89 bits per heavy atom. The van der Waals surface area contributed by atoms with Crippen LogP contribution in [-0.4, -0.2) is 82.6 Å². The van der Waals surface area contributed by atoms with Gasteiger partial charge in [0.05, 0.1) is 12.2 Å². The molecule has 3 aliphatic heterocycles. The van der Waals surface area contributed by atoms with E-state index in [0.29, 0.717) is 42.4 Å². The Balaban J connectivity index is 1.50. The lowest BCUT2D eigenvalue weighted by Gasteiger charge is -2.52. The van der Waals surface area contributed by atoms with Crippen LogP contribution in [0.5, 0.6) is 0 Å². The quantitative estimate of drug-likeness (QED) is 0.796. The molecule has 0 aliphatic carbocycles. The number of carbonyl (C=O) groups is 2. The van der Waals surface area contributed by atoms with Gasteiger partial charge in [0.2, 0.25) is 5.91 Å². The first-order valence-corrected chi connectivity index (χ1v) is 10.2. The number of likely N-dealkylation sites (N-methyl/N-ethyl adjacent to an activating group) is 1. The molecule has 7 heteroatoms. The van der Waals surface area contributed by atoms with Crippen molar-refractivity contribution < 1.29 is 9.59 Å². The average Bonchev–Trinajstić information content (AvgIpc) is 3.01. The van der Waals surface area contributed by atoms with Gasteiger partial charge in [0.1, 0.15) is 5.69 Å². The van der Waals surface area contributed by atoms with Crippen molar-refractivity contribution >= 4 is 11.8 Å². The minimum absolute atomic E-state index is 0.0969. The summed E-state index contributed by atoms with van der Waals surface area (Å²) in [5.74, 6) is 1.24. The molecule has 0 N–H and O–H groups in total. The molecule has 1 aromatic rings. The van der Waals surface area contributed by atoms with Crippen molar-refractivity contribution in [2.75, 3.05) is 40.3 Å². The number of aryl methyl sites for hydroxylation is 1. The molecule has 1 aromatic heterocycles. The summed E-state index contributed by atoms with van der Waals surface area (Å²) in [5.41, 5.74) is 1.59. The standard InChI is InChI=1S/C20H31N5O2/c1-14-9-18(25(21-14)8-7-22(2)3)20(27)23-11-15-10-16(13-23)17-5-4-6-19(26)24(17)12-15/h9,15-17H,4-8,10-13H2,1-3H3/t15-,16+,17-/m0/s1. The summed E-state index contributed by atoms with van der Waals surface area (Å²) in [6.07, 6.45) is 3.93. The summed E-state index contributed by atoms with van der Waals surface area (Å²) in [6, 6.07) is 2.25. The molecule has 148 valence electrons. The number of carbonyl (C=O) groups excluding carboxylic acids is 2. The highest BCUT2D eigenvalue weighted by molar-refractivity contribution is 5.93. The molecule has 2 bridgehead atoms. The van der Waals surface area contributed by atoms with E-state index >= 15 is 0 Å². The maximum atomic E-state index is 13.3. The topological polar surface area (TPSA) is 61.7 Å². The maximum Gasteiger partial charge on any atom is 0.272 e. The van der Waals surface area contributed by atoms with Crippen molar-refractivity contribution in [1.82, 2.24) is 24.5 Å². The third-order valence-electron chi connectivity index (χ3n) is 6.35. The molecule has 4 heterocycles. The average molecular weight is 374 g/mol. The van der Waals surface area contributed by atoms with Crippen molar-refractivity contribution in [2.24, 2.45) is 11.8 Å². The van der Waals surface area contributed by atoms with E-state index in [1.807, 2.05) is 36.7 Å². The molecule has 3 aliphatic rings. The maximum absolute atomic E-state index is 13.3. The number of fused-ring (bicyclic) bond motifs is 4. The number of aromatic nitrogens is 2. The summed E-state index contributed by atoms with van der Waals surface area (Å²) in [4.78, 5) is 31.9. The Labute approximate surface area is 161 Å². The van der Waals surface area contributed by atoms with Crippen LogP contribution in [0.15, 0.2) is 6.07 Å². The molecule has 0 aromatic carbocycles. The van der Waals surface area contributed by atoms with Crippen LogP contribution in [0.2, 0.25) is 0 Å². The first kappa shape index (κ1) is 18.5. The van der Waals surface area contributed by atoms with Crippen LogP contribution in [0.3, 0.4) is 0 Å². The van der Waals surface area contributed by atoms with Gasteiger partial charge in [-0.05, 0) is 58.2 Å². The van der Waals surface area contributed by atoms with E-state index in [4.69, 9.17) is 0 Å². The van der Waals surface area contributed by atoms with Crippen molar-refractivity contribution in [2.45, 2.75) is 45.2 Å². The zero-order valence-electron chi connectivity index (χ0n) is 16.7. The molecule has 0 saturated carbocycles. The fraction of sp³-hybridized carbons (Fsp3) is 0.750. The zero-order chi connectivity index (χ0) is 19.1. The predicted molar refractivity (Wildman–Crippen MR) is 102 cm³/mol. The van der Waals surface area contributed by atoms with Gasteiger partial charge in [0.25, 0.3) is 5.91 Å². The number of hydrogen-bond acceptors (Lipinski definition) is 4. The second-order valence-corrected chi connectivity index (χ2v) is 8.77. The van der Waals surface area contributed by atoms with Crippen molar-refractivity contribution in [3.05, 3.63) is 17.5 Å². The molecule has 3 saturated heterocycles. The lowest BCUT2D eigenvalue weighted by Crippen LogP contribution is -2.61. The van der Waals surface area contributed by atoms with Crippen LogP contribution < -0.4 is 0 Å². The highest BCUT2D eigenvalue weighted by Gasteiger charge is 2.45. The Kier molecular flexibility index (Phi) is 4.97. The van der Waals surface area contributed by atoms with Gasteiger partial charge in [-0.25, -0.2) is 0 Å². The lowest BCUT2D eigenvalue weighted by atomic mass is 9.76. The van der Waals surface area contributed by atoms with Gasteiger partial charge in [-0.15, -0.1) is 0 Å². The summed E-state index contributed by atoms with van der Waals surface area (Å²) in [6.45, 7) is 5.85. The van der Waals surface area contributed by atoms with E-state index in [1.165, 1.54) is 0 Å². The van der Waals surface area contributed by atoms with Crippen LogP contribution in [0, 0.1) is 18.8 Å². The van der Waals surface area contributed by atoms with Gasteiger partial charge in [-0.3, -0.25) is 14.3 Å². The van der Waals surface area contributed by atoms with E-state index in [9.17, 15) is 9.59 Å². The van der Waals surface area contributed by atoms with Gasteiger partial charge in [-0.1, -0.05) is 0 Å². The third-order valence-corrected chi connectivity index (χ3v) is 6.35. The van der Waals surface area contributed by atoms with E-state index in [1.54, 1.807) is 0 Å². The monoisotopic (exact) mass is 373 g/mol. The Morgan fingerprint density at radius 2 is 2.11 bits per heavy atom. The molecule has 0 spiro atoms. The molecular weight excluding hydrogens is 342 g/mol. The van der Waals surface area contributed by atoms with Crippen LogP contribution in [0.1, 0.15) is 41.9 Å². The summed E-state index contributed by atoms with van der Waals surface area (Å²) in [7, 11) is 4.06. The minimum Gasteiger partial charge on any atom is -0.339 e. The largest absolute Gasteiger partial charge is 0.339 e. The fourth-order valence-corrected chi connectivity index (χ4v) is 5.12. The zero-order valence-corrected chi connectivity index (χ0v) is 16.7. The van der Waals surface area contributed by atoms with Crippen LogP contribution in [0.25, 0.3) is 0 Å². The molecule has 0 radical (unpaired) electrons. The minimum atomic E-state index is 0.0969. The molecule has 2 amide bonds. The van der Waals surface area contributed by atoms with Gasteiger partial charge in [0, 0.05) is 38.6 Å². The van der Waals surface area contributed by atoms with Crippen LogP contribution >= 0.6 is 0 Å². The summed E-state index contributed by atoms with van der Waals surface area (Å²) in [5, 5.41) is 4.54. The summed E-state index contributed by atoms with van der Waals surface area (Å²) < 4.78 is 1.86. The number of rotatable bonds is 4. The third kappa shape index (κ3) is 3.61. The van der Waals surface area contributed by atoms with E-state index in [2.05, 4.69) is 14.9 Å². The highest BCUT2D eigenvalue weighted by atomic mass is 16.2. The van der Waals surface area contributed by atoms with Gasteiger partial charge in [-0.2, -0.15) is 5.10 Å². The Hall–Kier alpha value is -1.89. The number of nitrogens with zero attached hydrogens (tertiary/aromatic N) is 5. The summed E-state index contributed by atoms with van der Waals surface area (Å²) >= 11 is 0. The molecule has 3 atom stereocenters. The van der Waals surface area contributed by atoms with E-state index < -0.39 is 0 Å². The molecule has 3 fully saturated rings. The molecule has 4 rings (SSSR count). The number of piperidine rings is 3. The Bertz CT molecular complexity index is 728. The number of likely N-dealkylation sites (tertiary alicyclic amines) is 1. The molecule has 7 nitrogen and oxygen atoms in total. The molecule has 0 unspecified atom stereocenters. The van der Waals surface area contributed by atoms with Crippen molar-refractivity contribution in [3.8, 4) is 0 Å². The lowest BCUT2D eigenvalue weighted by molar-refractivity contribution is -0.144. The van der Waals surface area contributed by atoms with Crippen LogP contribution in [0.4, 0.5) is 0 Å². The second-order valence-electron chi connectivity index (χ2n) is 8.77. The number of hydrogen-bond donors (Lipinski definition) is 0. The SMILES string of the molecule is Cc1cc(C(=O)N2C[C@@H]3C[C@H](C2)[C@@H]2CCCC(=O)N2C3)n(CCN(C)C)n1. The highest BCUT2D eigenvalue weighted by Crippen LogP contribution is 2.38. The smallest absolute Gasteiger partial charge is 0.272 e. The fourth-order valence-electron chi connectivity index (χ4n) is 5.12. The Morgan fingerprint density at radius 1 is 1.30 bits per heavy atom. The first-order valence-electron chi connectivity index (χ1n) is 10.2. The van der Waals surface area contributed by atoms with Crippen molar-refractivity contribution in [3.63, 3.8) is 0 Å². The van der Waals surface area contributed by atoms with Crippen LogP contribution in [-0.2, 0) is 11.3 Å². The van der Waals surface area contributed by atoms with E-state index in [-0.39, 0.29) is 5.91 Å². The first-order chi connectivity index (χ1) is 12.9. The normalized spacial score (nSPS) is 27.9. The van der Waals surface area contributed by atoms with Crippen molar-refractivity contribution in [1.29, 1.82) is 0 Å². The second kappa shape index (κ2) is 7.26. The van der Waals surface area contributed by atoms with E-state index in [0.717, 1.165) is 51.1 Å². The predicted octanol–water partition coefficient (Wildman–Crippen LogP) is 1.23. The molecule has 27 heavy (non-hydrogen) atoms.